The number of rotatable bonds is 7. The Hall–Kier alpha value is -2.41. The molecule has 0 bridgehead atoms. The molecule has 2 rings (SSSR count). The van der Waals surface area contributed by atoms with E-state index in [2.05, 4.69) is 0 Å². The van der Waals surface area contributed by atoms with Gasteiger partial charge in [0.1, 0.15) is 0 Å². The van der Waals surface area contributed by atoms with Crippen molar-refractivity contribution in [2.24, 2.45) is 5.92 Å². The minimum atomic E-state index is -1.49. The third-order valence-electron chi connectivity index (χ3n) is 4.98. The number of esters is 3. The Kier molecular flexibility index (Phi) is 6.26. The number of carbonyl (C=O) groups excluding carboxylic acids is 3. The molecule has 1 fully saturated rings. The lowest BCUT2D eigenvalue weighted by Gasteiger charge is -2.57. The van der Waals surface area contributed by atoms with Gasteiger partial charge in [0.2, 0.25) is 6.10 Å². The van der Waals surface area contributed by atoms with E-state index in [1.54, 1.807) is 30.3 Å². The van der Waals surface area contributed by atoms with Crippen molar-refractivity contribution in [1.29, 1.82) is 0 Å². The normalized spacial score (nSPS) is 24.3. The Morgan fingerprint density at radius 3 is 2.22 bits per heavy atom. The highest BCUT2D eigenvalue weighted by Crippen LogP contribution is 2.52. The Bertz CT molecular complexity index is 698. The van der Waals surface area contributed by atoms with Gasteiger partial charge in [-0.15, -0.1) is 0 Å². The Morgan fingerprint density at radius 1 is 1.11 bits per heavy atom. The van der Waals surface area contributed by atoms with E-state index in [1.165, 1.54) is 14.2 Å². The molecule has 7 heteroatoms. The number of benzene rings is 1. The first kappa shape index (κ1) is 20.9. The van der Waals surface area contributed by atoms with E-state index >= 15 is 0 Å². The standard InChI is InChI=1S/C20H26O7/c1-6-14-19(2,3)27-20(14,12-15(21)24-4)18(23)26-16(17(22)25-5)13-10-8-7-9-11-13/h7-11,14,16H,6,12H2,1-5H3. The predicted molar refractivity (Wildman–Crippen MR) is 95.6 cm³/mol. The van der Waals surface area contributed by atoms with Crippen LogP contribution in [0.5, 0.6) is 0 Å². The van der Waals surface area contributed by atoms with Gasteiger partial charge in [0, 0.05) is 11.5 Å². The fraction of sp³-hybridized carbons (Fsp3) is 0.550. The molecule has 148 valence electrons. The molecule has 0 spiro atoms. The predicted octanol–water partition coefficient (Wildman–Crippen LogP) is 2.58. The first-order valence-corrected chi connectivity index (χ1v) is 8.82. The van der Waals surface area contributed by atoms with E-state index in [0.717, 1.165) is 0 Å². The SMILES string of the molecule is CCC1C(C)(C)OC1(CC(=O)OC)C(=O)OC(C(=O)OC)c1ccccc1. The molecule has 0 radical (unpaired) electrons. The van der Waals surface area contributed by atoms with Gasteiger partial charge in [-0.25, -0.2) is 9.59 Å². The molecule has 0 N–H and O–H groups in total. The van der Waals surface area contributed by atoms with Crippen molar-refractivity contribution in [3.63, 3.8) is 0 Å². The van der Waals surface area contributed by atoms with Gasteiger partial charge >= 0.3 is 17.9 Å². The summed E-state index contributed by atoms with van der Waals surface area (Å²) in [6.07, 6.45) is -0.941. The molecule has 1 heterocycles. The van der Waals surface area contributed by atoms with Gasteiger partial charge in [-0.1, -0.05) is 37.3 Å². The maximum atomic E-state index is 13.1. The van der Waals surface area contributed by atoms with Gasteiger partial charge in [-0.05, 0) is 20.3 Å². The Balaban J connectivity index is 2.34. The smallest absolute Gasteiger partial charge is 0.351 e. The maximum absolute atomic E-state index is 13.1. The van der Waals surface area contributed by atoms with Crippen LogP contribution in [0.15, 0.2) is 30.3 Å². The van der Waals surface area contributed by atoms with Gasteiger partial charge in [-0.3, -0.25) is 4.79 Å². The number of methoxy groups -OCH3 is 2. The van der Waals surface area contributed by atoms with Crippen molar-refractivity contribution >= 4 is 17.9 Å². The van der Waals surface area contributed by atoms with Crippen molar-refractivity contribution in [3.05, 3.63) is 35.9 Å². The first-order chi connectivity index (χ1) is 12.7. The fourth-order valence-corrected chi connectivity index (χ4v) is 3.83. The van der Waals surface area contributed by atoms with E-state index in [-0.39, 0.29) is 12.3 Å². The zero-order chi connectivity index (χ0) is 20.2. The quantitative estimate of drug-likeness (QED) is 0.532. The second-order valence-electron chi connectivity index (χ2n) is 7.03. The Labute approximate surface area is 158 Å². The van der Waals surface area contributed by atoms with Crippen LogP contribution in [0.25, 0.3) is 0 Å². The molecule has 1 aliphatic rings. The fourth-order valence-electron chi connectivity index (χ4n) is 3.83. The van der Waals surface area contributed by atoms with E-state index in [4.69, 9.17) is 18.9 Å². The van der Waals surface area contributed by atoms with Crippen molar-refractivity contribution in [1.82, 2.24) is 0 Å². The summed E-state index contributed by atoms with van der Waals surface area (Å²) in [6.45, 7) is 5.60. The molecular formula is C20H26O7. The lowest BCUT2D eigenvalue weighted by molar-refractivity contribution is -0.308. The summed E-state index contributed by atoms with van der Waals surface area (Å²) in [6, 6.07) is 8.54. The van der Waals surface area contributed by atoms with E-state index < -0.39 is 35.2 Å². The van der Waals surface area contributed by atoms with Gasteiger partial charge in [0.25, 0.3) is 0 Å². The van der Waals surface area contributed by atoms with Crippen molar-refractivity contribution < 1.29 is 33.3 Å². The van der Waals surface area contributed by atoms with E-state index in [9.17, 15) is 14.4 Å². The second-order valence-corrected chi connectivity index (χ2v) is 7.03. The molecule has 0 aromatic heterocycles. The molecule has 3 unspecified atom stereocenters. The van der Waals surface area contributed by atoms with Crippen LogP contribution in [0.2, 0.25) is 0 Å². The van der Waals surface area contributed by atoms with Crippen LogP contribution in [-0.2, 0) is 33.3 Å². The van der Waals surface area contributed by atoms with Gasteiger partial charge < -0.3 is 18.9 Å². The van der Waals surface area contributed by atoms with Crippen molar-refractivity contribution in [2.75, 3.05) is 14.2 Å². The van der Waals surface area contributed by atoms with Crippen LogP contribution in [0, 0.1) is 5.92 Å². The van der Waals surface area contributed by atoms with Gasteiger partial charge in [0.05, 0.1) is 26.2 Å². The third kappa shape index (κ3) is 3.98. The summed E-state index contributed by atoms with van der Waals surface area (Å²) in [5, 5.41) is 0. The molecule has 1 aromatic rings. The average molecular weight is 378 g/mol. The molecule has 3 atom stereocenters. The van der Waals surface area contributed by atoms with Crippen LogP contribution < -0.4 is 0 Å². The number of hydrogen-bond donors (Lipinski definition) is 0. The highest BCUT2D eigenvalue weighted by Gasteiger charge is 2.66. The summed E-state index contributed by atoms with van der Waals surface area (Å²) >= 11 is 0. The molecule has 1 aliphatic heterocycles. The van der Waals surface area contributed by atoms with Crippen molar-refractivity contribution in [2.45, 2.75) is 50.9 Å². The maximum Gasteiger partial charge on any atom is 0.351 e. The average Bonchev–Trinajstić information content (AvgIpc) is 2.64. The molecule has 1 aromatic carbocycles. The summed E-state index contributed by atoms with van der Waals surface area (Å²) in [5.74, 6) is -2.35. The summed E-state index contributed by atoms with van der Waals surface area (Å²) < 4.78 is 20.9. The third-order valence-corrected chi connectivity index (χ3v) is 4.98. The Morgan fingerprint density at radius 2 is 1.74 bits per heavy atom. The molecule has 0 amide bonds. The number of hydrogen-bond acceptors (Lipinski definition) is 7. The highest BCUT2D eigenvalue weighted by atomic mass is 16.6. The zero-order valence-electron chi connectivity index (χ0n) is 16.3. The molecule has 1 saturated heterocycles. The van der Waals surface area contributed by atoms with Crippen LogP contribution >= 0.6 is 0 Å². The van der Waals surface area contributed by atoms with Crippen LogP contribution in [-0.4, -0.2) is 43.3 Å². The van der Waals surface area contributed by atoms with Gasteiger partial charge in [0.15, 0.2) is 5.60 Å². The molecule has 0 saturated carbocycles. The molecule has 27 heavy (non-hydrogen) atoms. The van der Waals surface area contributed by atoms with Crippen LogP contribution in [0.4, 0.5) is 0 Å². The zero-order valence-corrected chi connectivity index (χ0v) is 16.3. The number of carbonyl (C=O) groups is 3. The van der Waals surface area contributed by atoms with Gasteiger partial charge in [-0.2, -0.15) is 0 Å². The summed E-state index contributed by atoms with van der Waals surface area (Å²) in [5.41, 5.74) is -1.63. The second kappa shape index (κ2) is 8.08. The van der Waals surface area contributed by atoms with E-state index in [1.807, 2.05) is 20.8 Å². The topological polar surface area (TPSA) is 88.1 Å². The minimum Gasteiger partial charge on any atom is -0.469 e. The van der Waals surface area contributed by atoms with Crippen LogP contribution in [0.3, 0.4) is 0 Å². The summed E-state index contributed by atoms with van der Waals surface area (Å²) in [4.78, 5) is 37.2. The van der Waals surface area contributed by atoms with Crippen molar-refractivity contribution in [3.8, 4) is 0 Å². The minimum absolute atomic E-state index is 0.273. The largest absolute Gasteiger partial charge is 0.469 e. The summed E-state index contributed by atoms with van der Waals surface area (Å²) in [7, 11) is 2.46. The monoisotopic (exact) mass is 378 g/mol. The van der Waals surface area contributed by atoms with E-state index in [0.29, 0.717) is 12.0 Å². The lowest BCUT2D eigenvalue weighted by atomic mass is 9.67. The first-order valence-electron chi connectivity index (χ1n) is 8.82. The van der Waals surface area contributed by atoms with Crippen LogP contribution in [0.1, 0.15) is 45.3 Å². The number of ether oxygens (including phenoxy) is 4. The molecular weight excluding hydrogens is 352 g/mol. The molecule has 7 nitrogen and oxygen atoms in total. The lowest BCUT2D eigenvalue weighted by Crippen LogP contribution is -2.70. The highest BCUT2D eigenvalue weighted by molar-refractivity contribution is 5.90. The molecule has 0 aliphatic carbocycles.